The van der Waals surface area contributed by atoms with Gasteiger partial charge in [0.2, 0.25) is 5.91 Å². The van der Waals surface area contributed by atoms with Crippen LogP contribution in [0.25, 0.3) is 0 Å². The maximum Gasteiger partial charge on any atom is 0.337 e. The van der Waals surface area contributed by atoms with Crippen LogP contribution in [-0.2, 0) is 9.53 Å². The number of amides is 1. The number of carboxylic acids is 1. The SMILES string of the molecule is COCC(=O)Nc1cc(F)ccc1C(=O)O. The first kappa shape index (κ1) is 12.1. The lowest BCUT2D eigenvalue weighted by atomic mass is 10.1. The second-order valence-electron chi connectivity index (χ2n) is 2.98. The molecule has 1 aromatic carbocycles. The summed E-state index contributed by atoms with van der Waals surface area (Å²) in [5, 5.41) is 11.0. The third kappa shape index (κ3) is 3.03. The van der Waals surface area contributed by atoms with E-state index in [1.165, 1.54) is 7.11 Å². The lowest BCUT2D eigenvalue weighted by Crippen LogP contribution is -2.19. The van der Waals surface area contributed by atoms with Crippen molar-refractivity contribution in [2.45, 2.75) is 0 Å². The number of ether oxygens (including phenoxy) is 1. The highest BCUT2D eigenvalue weighted by molar-refractivity contribution is 6.00. The molecule has 1 rings (SSSR count). The number of carbonyl (C=O) groups excluding carboxylic acids is 1. The number of carboxylic acid groups (broad SMARTS) is 1. The Hall–Kier alpha value is -1.95. The Labute approximate surface area is 90.8 Å². The Morgan fingerprint density at radius 1 is 1.50 bits per heavy atom. The fraction of sp³-hybridized carbons (Fsp3) is 0.200. The van der Waals surface area contributed by atoms with Gasteiger partial charge < -0.3 is 15.2 Å². The van der Waals surface area contributed by atoms with Crippen molar-refractivity contribution in [3.05, 3.63) is 29.6 Å². The topological polar surface area (TPSA) is 75.6 Å². The summed E-state index contributed by atoms with van der Waals surface area (Å²) in [5.74, 6) is -2.42. The molecule has 0 fully saturated rings. The van der Waals surface area contributed by atoms with Gasteiger partial charge in [0.05, 0.1) is 11.3 Å². The van der Waals surface area contributed by atoms with Crippen LogP contribution in [0.15, 0.2) is 18.2 Å². The maximum atomic E-state index is 12.9. The molecule has 2 N–H and O–H groups in total. The van der Waals surface area contributed by atoms with Crippen LogP contribution < -0.4 is 5.32 Å². The van der Waals surface area contributed by atoms with Crippen molar-refractivity contribution in [3.8, 4) is 0 Å². The second kappa shape index (κ2) is 5.22. The number of carbonyl (C=O) groups is 2. The van der Waals surface area contributed by atoms with Crippen molar-refractivity contribution in [1.82, 2.24) is 0 Å². The van der Waals surface area contributed by atoms with E-state index in [9.17, 15) is 14.0 Å². The van der Waals surface area contributed by atoms with Gasteiger partial charge in [0.15, 0.2) is 0 Å². The molecule has 1 aromatic rings. The summed E-state index contributed by atoms with van der Waals surface area (Å²) in [4.78, 5) is 21.9. The molecule has 6 heteroatoms. The number of nitrogens with one attached hydrogen (secondary N) is 1. The highest BCUT2D eigenvalue weighted by Crippen LogP contribution is 2.17. The minimum absolute atomic E-state index is 0.0884. The van der Waals surface area contributed by atoms with E-state index < -0.39 is 17.7 Å². The molecule has 5 nitrogen and oxygen atoms in total. The maximum absolute atomic E-state index is 12.9. The average Bonchev–Trinajstić information content (AvgIpc) is 2.17. The van der Waals surface area contributed by atoms with Crippen LogP contribution in [0, 0.1) is 5.82 Å². The monoisotopic (exact) mass is 227 g/mol. The van der Waals surface area contributed by atoms with Gasteiger partial charge in [-0.15, -0.1) is 0 Å². The molecule has 0 unspecified atom stereocenters. The van der Waals surface area contributed by atoms with Gasteiger partial charge in [-0.05, 0) is 18.2 Å². The number of aromatic carboxylic acids is 1. The van der Waals surface area contributed by atoms with Gasteiger partial charge in [-0.3, -0.25) is 4.79 Å². The summed E-state index contributed by atoms with van der Waals surface area (Å²) in [7, 11) is 1.32. The van der Waals surface area contributed by atoms with Crippen molar-refractivity contribution in [2.24, 2.45) is 0 Å². The van der Waals surface area contributed by atoms with E-state index in [2.05, 4.69) is 10.1 Å². The van der Waals surface area contributed by atoms with Gasteiger partial charge >= 0.3 is 5.97 Å². The number of halogens is 1. The van der Waals surface area contributed by atoms with Crippen LogP contribution in [0.4, 0.5) is 10.1 Å². The predicted octanol–water partition coefficient (Wildman–Crippen LogP) is 1.11. The van der Waals surface area contributed by atoms with E-state index in [4.69, 9.17) is 5.11 Å². The lowest BCUT2D eigenvalue weighted by molar-refractivity contribution is -0.119. The van der Waals surface area contributed by atoms with E-state index in [1.807, 2.05) is 0 Å². The molecular formula is C10H10FNO4. The van der Waals surface area contributed by atoms with Crippen LogP contribution in [0.3, 0.4) is 0 Å². The first-order valence-electron chi connectivity index (χ1n) is 4.36. The van der Waals surface area contributed by atoms with E-state index in [0.717, 1.165) is 18.2 Å². The summed E-state index contributed by atoms with van der Waals surface area (Å²) < 4.78 is 17.4. The quantitative estimate of drug-likeness (QED) is 0.807. The Morgan fingerprint density at radius 2 is 2.19 bits per heavy atom. The Kier molecular flexibility index (Phi) is 3.96. The van der Waals surface area contributed by atoms with Crippen LogP contribution in [0.2, 0.25) is 0 Å². The second-order valence-corrected chi connectivity index (χ2v) is 2.98. The molecule has 0 aromatic heterocycles. The Bertz CT molecular complexity index is 419. The smallest absolute Gasteiger partial charge is 0.337 e. The Morgan fingerprint density at radius 3 is 2.75 bits per heavy atom. The highest BCUT2D eigenvalue weighted by Gasteiger charge is 2.13. The van der Waals surface area contributed by atoms with Gasteiger partial charge in [0, 0.05) is 7.11 Å². The zero-order valence-corrected chi connectivity index (χ0v) is 8.49. The van der Waals surface area contributed by atoms with Crippen LogP contribution in [-0.4, -0.2) is 30.7 Å². The molecule has 86 valence electrons. The standard InChI is InChI=1S/C10H10FNO4/c1-16-5-9(13)12-8-4-6(11)2-3-7(8)10(14)15/h2-4H,5H2,1H3,(H,12,13)(H,14,15). The molecule has 0 saturated heterocycles. The largest absolute Gasteiger partial charge is 0.478 e. The van der Waals surface area contributed by atoms with E-state index in [1.54, 1.807) is 0 Å². The van der Waals surface area contributed by atoms with Crippen molar-refractivity contribution in [3.63, 3.8) is 0 Å². The van der Waals surface area contributed by atoms with Crippen molar-refractivity contribution >= 4 is 17.6 Å². The molecule has 0 aliphatic heterocycles. The summed E-state index contributed by atoms with van der Waals surface area (Å²) >= 11 is 0. The molecule has 0 bridgehead atoms. The summed E-state index contributed by atoms with van der Waals surface area (Å²) in [6, 6.07) is 3.03. The molecular weight excluding hydrogens is 217 g/mol. The van der Waals surface area contributed by atoms with Crippen LogP contribution in [0.5, 0.6) is 0 Å². The van der Waals surface area contributed by atoms with Crippen LogP contribution >= 0.6 is 0 Å². The molecule has 0 radical (unpaired) electrons. The number of hydrogen-bond acceptors (Lipinski definition) is 3. The lowest BCUT2D eigenvalue weighted by Gasteiger charge is -2.07. The Balaban J connectivity index is 2.96. The fourth-order valence-corrected chi connectivity index (χ4v) is 1.12. The molecule has 0 heterocycles. The molecule has 1 amide bonds. The number of methoxy groups -OCH3 is 1. The van der Waals surface area contributed by atoms with E-state index in [-0.39, 0.29) is 17.9 Å². The number of rotatable bonds is 4. The first-order valence-corrected chi connectivity index (χ1v) is 4.36. The van der Waals surface area contributed by atoms with Gasteiger partial charge in [-0.1, -0.05) is 0 Å². The summed E-state index contributed by atoms with van der Waals surface area (Å²) in [6.07, 6.45) is 0. The zero-order valence-electron chi connectivity index (χ0n) is 8.49. The van der Waals surface area contributed by atoms with Crippen molar-refractivity contribution in [2.75, 3.05) is 19.0 Å². The highest BCUT2D eigenvalue weighted by atomic mass is 19.1. The minimum Gasteiger partial charge on any atom is -0.478 e. The summed E-state index contributed by atoms with van der Waals surface area (Å²) in [6.45, 7) is -0.227. The van der Waals surface area contributed by atoms with Gasteiger partial charge in [-0.25, -0.2) is 9.18 Å². The van der Waals surface area contributed by atoms with Crippen LogP contribution in [0.1, 0.15) is 10.4 Å². The van der Waals surface area contributed by atoms with Gasteiger partial charge in [0.25, 0.3) is 0 Å². The minimum atomic E-state index is -1.24. The number of benzene rings is 1. The molecule has 16 heavy (non-hydrogen) atoms. The first-order chi connectivity index (χ1) is 7.54. The van der Waals surface area contributed by atoms with E-state index in [0.29, 0.717) is 0 Å². The van der Waals surface area contributed by atoms with Crippen molar-refractivity contribution in [1.29, 1.82) is 0 Å². The zero-order chi connectivity index (χ0) is 12.1. The molecule has 0 saturated carbocycles. The third-order valence-electron chi connectivity index (χ3n) is 1.76. The van der Waals surface area contributed by atoms with Gasteiger partial charge in [0.1, 0.15) is 12.4 Å². The van der Waals surface area contributed by atoms with Gasteiger partial charge in [-0.2, -0.15) is 0 Å². The average molecular weight is 227 g/mol. The molecule has 0 spiro atoms. The fourth-order valence-electron chi connectivity index (χ4n) is 1.12. The number of hydrogen-bond donors (Lipinski definition) is 2. The predicted molar refractivity (Wildman–Crippen MR) is 53.9 cm³/mol. The third-order valence-corrected chi connectivity index (χ3v) is 1.76. The van der Waals surface area contributed by atoms with E-state index >= 15 is 0 Å². The molecule has 0 aliphatic carbocycles. The number of anilines is 1. The molecule has 0 atom stereocenters. The normalized spacial score (nSPS) is 9.88. The summed E-state index contributed by atoms with van der Waals surface area (Å²) in [5.41, 5.74) is -0.264. The molecule has 0 aliphatic rings. The van der Waals surface area contributed by atoms with Crippen molar-refractivity contribution < 1.29 is 23.8 Å².